The highest BCUT2D eigenvalue weighted by Gasteiger charge is 1.96. The normalized spacial score (nSPS) is 10.6. The maximum Gasteiger partial charge on any atom is 0.328 e. The number of carbonyl (C=O) groups is 2. The van der Waals surface area contributed by atoms with Gasteiger partial charge < -0.3 is 14.6 Å². The van der Waals surface area contributed by atoms with Crippen LogP contribution in [0.5, 0.6) is 5.75 Å². The van der Waals surface area contributed by atoms with Gasteiger partial charge in [-0.2, -0.15) is 0 Å². The van der Waals surface area contributed by atoms with Crippen molar-refractivity contribution in [2.24, 2.45) is 0 Å². The van der Waals surface area contributed by atoms with Gasteiger partial charge in [0.1, 0.15) is 5.75 Å². The van der Waals surface area contributed by atoms with Gasteiger partial charge in [0.25, 0.3) is 0 Å². The highest BCUT2D eigenvalue weighted by molar-refractivity contribution is 5.85. The molecule has 0 aliphatic rings. The fourth-order valence-corrected chi connectivity index (χ4v) is 1.81. The van der Waals surface area contributed by atoms with E-state index >= 15 is 0 Å². The zero-order valence-electron chi connectivity index (χ0n) is 12.8. The van der Waals surface area contributed by atoms with Crippen LogP contribution in [0.3, 0.4) is 0 Å². The van der Waals surface area contributed by atoms with Crippen molar-refractivity contribution < 1.29 is 24.2 Å². The Balaban J connectivity index is 2.12. The Bertz CT molecular complexity index is 490. The van der Waals surface area contributed by atoms with Crippen LogP contribution in [0.1, 0.15) is 38.2 Å². The molecule has 1 aromatic rings. The quantitative estimate of drug-likeness (QED) is 0.408. The van der Waals surface area contributed by atoms with E-state index in [0.29, 0.717) is 13.2 Å². The molecular weight excluding hydrogens is 284 g/mol. The van der Waals surface area contributed by atoms with Gasteiger partial charge in [0.05, 0.1) is 13.2 Å². The SMILES string of the molecule is CC(=O)OCCCCCCOc1ccc(/C=C/C(=O)O)cc1. The molecule has 0 bridgehead atoms. The van der Waals surface area contributed by atoms with Crippen LogP contribution in [0.15, 0.2) is 30.3 Å². The maximum atomic E-state index is 10.6. The lowest BCUT2D eigenvalue weighted by molar-refractivity contribution is -0.141. The highest BCUT2D eigenvalue weighted by Crippen LogP contribution is 2.14. The van der Waals surface area contributed by atoms with E-state index in [9.17, 15) is 9.59 Å². The number of unbranched alkanes of at least 4 members (excludes halogenated alkanes) is 3. The molecule has 0 unspecified atom stereocenters. The molecule has 5 nitrogen and oxygen atoms in total. The first-order valence-electron chi connectivity index (χ1n) is 7.35. The Morgan fingerprint density at radius 1 is 1.05 bits per heavy atom. The van der Waals surface area contributed by atoms with Crippen LogP contribution in [-0.4, -0.2) is 30.3 Å². The lowest BCUT2D eigenvalue weighted by Gasteiger charge is -2.06. The first kappa shape index (κ1) is 17.8. The molecule has 0 amide bonds. The summed E-state index contributed by atoms with van der Waals surface area (Å²) in [5.74, 6) is -0.425. The molecule has 1 N–H and O–H groups in total. The molecule has 0 fully saturated rings. The van der Waals surface area contributed by atoms with Crippen molar-refractivity contribution in [3.63, 3.8) is 0 Å². The molecule has 0 spiro atoms. The Kier molecular flexibility index (Phi) is 8.42. The van der Waals surface area contributed by atoms with E-state index in [1.165, 1.54) is 13.0 Å². The smallest absolute Gasteiger partial charge is 0.328 e. The zero-order chi connectivity index (χ0) is 16.2. The third kappa shape index (κ3) is 8.79. The summed E-state index contributed by atoms with van der Waals surface area (Å²) >= 11 is 0. The van der Waals surface area contributed by atoms with E-state index in [0.717, 1.165) is 43.1 Å². The molecule has 1 aromatic carbocycles. The number of carboxylic acids is 1. The van der Waals surface area contributed by atoms with Gasteiger partial charge in [0, 0.05) is 13.0 Å². The van der Waals surface area contributed by atoms with E-state index in [1.807, 2.05) is 24.3 Å². The van der Waals surface area contributed by atoms with Gasteiger partial charge in [0.2, 0.25) is 0 Å². The van der Waals surface area contributed by atoms with E-state index < -0.39 is 5.97 Å². The van der Waals surface area contributed by atoms with Crippen LogP contribution >= 0.6 is 0 Å². The molecule has 0 heterocycles. The molecular formula is C17H22O5. The average Bonchev–Trinajstić information content (AvgIpc) is 2.48. The van der Waals surface area contributed by atoms with Gasteiger partial charge in [-0.05, 0) is 49.5 Å². The topological polar surface area (TPSA) is 72.8 Å². The predicted molar refractivity (Wildman–Crippen MR) is 83.7 cm³/mol. The minimum absolute atomic E-state index is 0.232. The minimum Gasteiger partial charge on any atom is -0.494 e. The van der Waals surface area contributed by atoms with Crippen molar-refractivity contribution in [1.29, 1.82) is 0 Å². The number of rotatable bonds is 10. The van der Waals surface area contributed by atoms with Crippen LogP contribution in [-0.2, 0) is 14.3 Å². The van der Waals surface area contributed by atoms with Crippen LogP contribution in [0, 0.1) is 0 Å². The fraction of sp³-hybridized carbons (Fsp3) is 0.412. The van der Waals surface area contributed by atoms with Gasteiger partial charge >= 0.3 is 11.9 Å². The summed E-state index contributed by atoms with van der Waals surface area (Å²) in [5, 5.41) is 8.54. The van der Waals surface area contributed by atoms with Crippen molar-refractivity contribution in [1.82, 2.24) is 0 Å². The van der Waals surface area contributed by atoms with E-state index in [-0.39, 0.29) is 5.97 Å². The number of hydrogen-bond acceptors (Lipinski definition) is 4. The largest absolute Gasteiger partial charge is 0.494 e. The van der Waals surface area contributed by atoms with Gasteiger partial charge in [-0.1, -0.05) is 12.1 Å². The molecule has 0 aliphatic heterocycles. The number of esters is 1. The second kappa shape index (κ2) is 10.4. The van der Waals surface area contributed by atoms with Crippen LogP contribution in [0.4, 0.5) is 0 Å². The Morgan fingerprint density at radius 3 is 2.27 bits per heavy atom. The van der Waals surface area contributed by atoms with Crippen molar-refractivity contribution >= 4 is 18.0 Å². The van der Waals surface area contributed by atoms with Gasteiger partial charge in [0.15, 0.2) is 0 Å². The number of hydrogen-bond donors (Lipinski definition) is 1. The molecule has 22 heavy (non-hydrogen) atoms. The van der Waals surface area contributed by atoms with E-state index in [1.54, 1.807) is 0 Å². The molecule has 0 saturated heterocycles. The molecule has 0 aliphatic carbocycles. The summed E-state index contributed by atoms with van der Waals surface area (Å²) in [5.41, 5.74) is 0.820. The molecule has 0 aromatic heterocycles. The minimum atomic E-state index is -0.964. The number of aliphatic carboxylic acids is 1. The van der Waals surface area contributed by atoms with Gasteiger partial charge in [-0.15, -0.1) is 0 Å². The second-order valence-electron chi connectivity index (χ2n) is 4.84. The first-order valence-corrected chi connectivity index (χ1v) is 7.35. The number of carbonyl (C=O) groups excluding carboxylic acids is 1. The molecule has 0 saturated carbocycles. The first-order chi connectivity index (χ1) is 10.6. The van der Waals surface area contributed by atoms with Crippen molar-refractivity contribution in [3.8, 4) is 5.75 Å². The summed E-state index contributed by atoms with van der Waals surface area (Å²) in [4.78, 5) is 21.0. The molecule has 5 heteroatoms. The summed E-state index contributed by atoms with van der Waals surface area (Å²) in [6, 6.07) is 7.27. The summed E-state index contributed by atoms with van der Waals surface area (Å²) < 4.78 is 10.5. The second-order valence-corrected chi connectivity index (χ2v) is 4.84. The van der Waals surface area contributed by atoms with E-state index in [4.69, 9.17) is 14.6 Å². The highest BCUT2D eigenvalue weighted by atomic mass is 16.5. The van der Waals surface area contributed by atoms with Crippen LogP contribution in [0.25, 0.3) is 6.08 Å². The maximum absolute atomic E-state index is 10.6. The number of carboxylic acid groups (broad SMARTS) is 1. The molecule has 120 valence electrons. The zero-order valence-corrected chi connectivity index (χ0v) is 12.8. The van der Waals surface area contributed by atoms with Gasteiger partial charge in [-0.25, -0.2) is 4.79 Å². The Morgan fingerprint density at radius 2 is 1.68 bits per heavy atom. The summed E-state index contributed by atoms with van der Waals surface area (Å²) in [7, 11) is 0. The van der Waals surface area contributed by atoms with Crippen molar-refractivity contribution in [2.45, 2.75) is 32.6 Å². The lowest BCUT2D eigenvalue weighted by atomic mass is 10.2. The monoisotopic (exact) mass is 306 g/mol. The Hall–Kier alpha value is -2.30. The molecule has 0 radical (unpaired) electrons. The van der Waals surface area contributed by atoms with Gasteiger partial charge in [-0.3, -0.25) is 4.79 Å². The number of ether oxygens (including phenoxy) is 2. The third-order valence-corrected chi connectivity index (χ3v) is 2.91. The average molecular weight is 306 g/mol. The standard InChI is InChI=1S/C17H22O5/c1-14(18)21-12-4-2-3-5-13-22-16-9-6-15(7-10-16)8-11-17(19)20/h6-11H,2-5,12-13H2,1H3,(H,19,20)/b11-8+. The third-order valence-electron chi connectivity index (χ3n) is 2.91. The Labute approximate surface area is 130 Å². The van der Waals surface area contributed by atoms with Crippen LogP contribution in [0.2, 0.25) is 0 Å². The molecule has 0 atom stereocenters. The summed E-state index contributed by atoms with van der Waals surface area (Å²) in [6.45, 7) is 2.54. The lowest BCUT2D eigenvalue weighted by Crippen LogP contribution is -2.01. The van der Waals surface area contributed by atoms with E-state index in [2.05, 4.69) is 0 Å². The van der Waals surface area contributed by atoms with Crippen LogP contribution < -0.4 is 4.74 Å². The number of benzene rings is 1. The van der Waals surface area contributed by atoms with Crippen molar-refractivity contribution in [3.05, 3.63) is 35.9 Å². The fourth-order valence-electron chi connectivity index (χ4n) is 1.81. The molecule has 1 rings (SSSR count). The van der Waals surface area contributed by atoms with Crippen molar-refractivity contribution in [2.75, 3.05) is 13.2 Å². The summed E-state index contributed by atoms with van der Waals surface area (Å²) in [6.07, 6.45) is 6.50. The predicted octanol–water partition coefficient (Wildman–Crippen LogP) is 3.29.